The number of ether oxygens (including phenoxy) is 1. The molecule has 0 radical (unpaired) electrons. The van der Waals surface area contributed by atoms with Crippen molar-refractivity contribution >= 4 is 17.5 Å². The number of rotatable bonds is 4. The number of carbonyl (C=O) groups is 2. The standard InChI is InChI=1S/C12H16N2O3/c1-8(17-3)11(15)14-10-6-4-5-9(7-10)12(16)13-2/h4-8H,1-3H3,(H,13,16)(H,14,15). The Hall–Kier alpha value is -1.88. The van der Waals surface area contributed by atoms with Crippen LogP contribution in [0.2, 0.25) is 0 Å². The lowest BCUT2D eigenvalue weighted by molar-refractivity contribution is -0.124. The van der Waals surface area contributed by atoms with Crippen LogP contribution in [0.5, 0.6) is 0 Å². The molecule has 92 valence electrons. The quantitative estimate of drug-likeness (QED) is 0.820. The van der Waals surface area contributed by atoms with Crippen LogP contribution in [-0.2, 0) is 9.53 Å². The van der Waals surface area contributed by atoms with Gasteiger partial charge in [-0.1, -0.05) is 6.07 Å². The van der Waals surface area contributed by atoms with E-state index in [0.717, 1.165) is 0 Å². The van der Waals surface area contributed by atoms with E-state index in [1.807, 2.05) is 0 Å². The van der Waals surface area contributed by atoms with E-state index in [2.05, 4.69) is 10.6 Å². The zero-order valence-corrected chi connectivity index (χ0v) is 10.1. The van der Waals surface area contributed by atoms with E-state index in [1.54, 1.807) is 38.2 Å². The van der Waals surface area contributed by atoms with Gasteiger partial charge in [0.05, 0.1) is 0 Å². The molecule has 0 bridgehead atoms. The molecule has 17 heavy (non-hydrogen) atoms. The predicted molar refractivity (Wildman–Crippen MR) is 64.9 cm³/mol. The van der Waals surface area contributed by atoms with Gasteiger partial charge in [0.1, 0.15) is 6.10 Å². The Morgan fingerprint density at radius 3 is 2.65 bits per heavy atom. The van der Waals surface area contributed by atoms with Gasteiger partial charge in [0.2, 0.25) is 0 Å². The maximum Gasteiger partial charge on any atom is 0.253 e. The molecule has 0 aliphatic carbocycles. The summed E-state index contributed by atoms with van der Waals surface area (Å²) in [5.41, 5.74) is 1.07. The first-order chi connectivity index (χ1) is 8.08. The molecule has 1 rings (SSSR count). The Morgan fingerprint density at radius 1 is 1.35 bits per heavy atom. The molecule has 1 aromatic carbocycles. The Balaban J connectivity index is 2.79. The minimum Gasteiger partial charge on any atom is -0.372 e. The van der Waals surface area contributed by atoms with E-state index in [1.165, 1.54) is 7.11 Å². The Labute approximate surface area is 100 Å². The van der Waals surface area contributed by atoms with Crippen molar-refractivity contribution < 1.29 is 14.3 Å². The fourth-order valence-electron chi connectivity index (χ4n) is 1.23. The van der Waals surface area contributed by atoms with Crippen LogP contribution in [0, 0.1) is 0 Å². The molecule has 0 fully saturated rings. The number of nitrogens with one attached hydrogen (secondary N) is 2. The highest BCUT2D eigenvalue weighted by Gasteiger charge is 2.12. The second-order valence-electron chi connectivity index (χ2n) is 3.53. The Morgan fingerprint density at radius 2 is 2.06 bits per heavy atom. The van der Waals surface area contributed by atoms with Crippen molar-refractivity contribution in [2.24, 2.45) is 0 Å². The third kappa shape index (κ3) is 3.57. The second kappa shape index (κ2) is 6.00. The first-order valence-corrected chi connectivity index (χ1v) is 5.24. The van der Waals surface area contributed by atoms with Gasteiger partial charge in [-0.25, -0.2) is 0 Å². The van der Waals surface area contributed by atoms with Crippen LogP contribution in [0.3, 0.4) is 0 Å². The summed E-state index contributed by atoms with van der Waals surface area (Å²) >= 11 is 0. The fourth-order valence-corrected chi connectivity index (χ4v) is 1.23. The number of hydrogen-bond donors (Lipinski definition) is 2. The Bertz CT molecular complexity index is 418. The maximum atomic E-state index is 11.6. The van der Waals surface area contributed by atoms with Gasteiger partial charge in [0.15, 0.2) is 0 Å². The molecule has 0 saturated carbocycles. The van der Waals surface area contributed by atoms with E-state index < -0.39 is 6.10 Å². The van der Waals surface area contributed by atoms with Gasteiger partial charge in [-0.15, -0.1) is 0 Å². The minimum atomic E-state index is -0.529. The lowest BCUT2D eigenvalue weighted by Gasteiger charge is -2.11. The number of hydrogen-bond acceptors (Lipinski definition) is 3. The Kier molecular flexibility index (Phi) is 4.66. The number of benzene rings is 1. The summed E-state index contributed by atoms with van der Waals surface area (Å²) < 4.78 is 4.89. The molecule has 1 unspecified atom stereocenters. The lowest BCUT2D eigenvalue weighted by atomic mass is 10.2. The highest BCUT2D eigenvalue weighted by molar-refractivity contribution is 5.98. The van der Waals surface area contributed by atoms with Crippen LogP contribution in [0.4, 0.5) is 5.69 Å². The normalized spacial score (nSPS) is 11.7. The summed E-state index contributed by atoms with van der Waals surface area (Å²) in [7, 11) is 3.02. The van der Waals surface area contributed by atoms with Crippen LogP contribution in [0.15, 0.2) is 24.3 Å². The van der Waals surface area contributed by atoms with Crippen molar-refractivity contribution in [2.75, 3.05) is 19.5 Å². The van der Waals surface area contributed by atoms with Crippen LogP contribution >= 0.6 is 0 Å². The molecule has 0 saturated heterocycles. The molecule has 2 amide bonds. The number of anilines is 1. The molecule has 0 heterocycles. The molecule has 0 aliphatic rings. The van der Waals surface area contributed by atoms with Crippen molar-refractivity contribution in [3.05, 3.63) is 29.8 Å². The van der Waals surface area contributed by atoms with E-state index >= 15 is 0 Å². The van der Waals surface area contributed by atoms with Crippen LogP contribution in [0.25, 0.3) is 0 Å². The van der Waals surface area contributed by atoms with Crippen molar-refractivity contribution in [3.8, 4) is 0 Å². The van der Waals surface area contributed by atoms with Crippen molar-refractivity contribution in [2.45, 2.75) is 13.0 Å². The maximum absolute atomic E-state index is 11.6. The van der Waals surface area contributed by atoms with E-state index in [-0.39, 0.29) is 11.8 Å². The van der Waals surface area contributed by atoms with Crippen molar-refractivity contribution in [1.29, 1.82) is 0 Å². The monoisotopic (exact) mass is 236 g/mol. The van der Waals surface area contributed by atoms with Crippen LogP contribution in [-0.4, -0.2) is 32.1 Å². The molecule has 2 N–H and O–H groups in total. The fraction of sp³-hybridized carbons (Fsp3) is 0.333. The number of carbonyl (C=O) groups excluding carboxylic acids is 2. The molecule has 0 spiro atoms. The van der Waals surface area contributed by atoms with Gasteiger partial charge in [-0.3, -0.25) is 9.59 Å². The van der Waals surface area contributed by atoms with Gasteiger partial charge in [0.25, 0.3) is 11.8 Å². The number of amides is 2. The minimum absolute atomic E-state index is 0.194. The van der Waals surface area contributed by atoms with Gasteiger partial charge in [-0.2, -0.15) is 0 Å². The molecule has 0 aromatic heterocycles. The topological polar surface area (TPSA) is 67.4 Å². The summed E-state index contributed by atoms with van der Waals surface area (Å²) in [4.78, 5) is 23.0. The van der Waals surface area contributed by atoms with E-state index in [4.69, 9.17) is 4.74 Å². The van der Waals surface area contributed by atoms with Gasteiger partial charge in [0, 0.05) is 25.4 Å². The molecule has 0 aliphatic heterocycles. The summed E-state index contributed by atoms with van der Waals surface area (Å²) in [5.74, 6) is -0.442. The first kappa shape index (κ1) is 13.2. The van der Waals surface area contributed by atoms with Gasteiger partial charge >= 0.3 is 0 Å². The summed E-state index contributed by atoms with van der Waals surface area (Å²) in [5, 5.41) is 5.19. The van der Waals surface area contributed by atoms with E-state index in [9.17, 15) is 9.59 Å². The SMILES string of the molecule is CNC(=O)c1cccc(NC(=O)C(C)OC)c1. The predicted octanol–water partition coefficient (Wildman–Crippen LogP) is 1.02. The average molecular weight is 236 g/mol. The molecule has 1 aromatic rings. The van der Waals surface area contributed by atoms with Crippen LogP contribution < -0.4 is 10.6 Å². The highest BCUT2D eigenvalue weighted by Crippen LogP contribution is 2.11. The van der Waals surface area contributed by atoms with Crippen molar-refractivity contribution in [3.63, 3.8) is 0 Å². The van der Waals surface area contributed by atoms with Crippen molar-refractivity contribution in [1.82, 2.24) is 5.32 Å². The molecular formula is C12H16N2O3. The molecule has 1 atom stereocenters. The zero-order valence-electron chi connectivity index (χ0n) is 10.1. The van der Waals surface area contributed by atoms with Gasteiger partial charge in [-0.05, 0) is 25.1 Å². The summed E-state index contributed by atoms with van der Waals surface area (Å²) in [6, 6.07) is 6.71. The zero-order chi connectivity index (χ0) is 12.8. The molecule has 5 heteroatoms. The number of methoxy groups -OCH3 is 1. The molecule has 5 nitrogen and oxygen atoms in total. The second-order valence-corrected chi connectivity index (χ2v) is 3.53. The average Bonchev–Trinajstić information content (AvgIpc) is 2.37. The van der Waals surface area contributed by atoms with Crippen LogP contribution in [0.1, 0.15) is 17.3 Å². The molecular weight excluding hydrogens is 220 g/mol. The summed E-state index contributed by atoms with van der Waals surface area (Å²) in [6.07, 6.45) is -0.529. The largest absolute Gasteiger partial charge is 0.372 e. The third-order valence-electron chi connectivity index (χ3n) is 2.34. The first-order valence-electron chi connectivity index (χ1n) is 5.24. The smallest absolute Gasteiger partial charge is 0.253 e. The lowest BCUT2D eigenvalue weighted by Crippen LogP contribution is -2.26. The van der Waals surface area contributed by atoms with Gasteiger partial charge < -0.3 is 15.4 Å². The summed E-state index contributed by atoms with van der Waals surface area (Å²) in [6.45, 7) is 1.65. The highest BCUT2D eigenvalue weighted by atomic mass is 16.5. The third-order valence-corrected chi connectivity index (χ3v) is 2.34. The van der Waals surface area contributed by atoms with E-state index in [0.29, 0.717) is 11.3 Å².